The quantitative estimate of drug-likeness (QED) is 0.335. The van der Waals surface area contributed by atoms with Crippen LogP contribution in [-0.4, -0.2) is 69.8 Å². The standard InChI is InChI=1S/C27H40O9/c1-15-10-12-25(5,6)20-11-13-26(7,36-20)24(31)27(32)21(9-8-19(35-27)23(15)30)34-22(29)14-16(2)17(3)33-18(4)28/h10,12,14-15,17,19-21,24,31-32H,8-9,11,13H2,1-7H3/b12-10+,16-14+/t15-,17?,19+,20-,21+,24-,26+,27-/m1/s1. The van der Waals surface area contributed by atoms with Crippen molar-refractivity contribution < 1.29 is 43.5 Å². The second kappa shape index (κ2) is 10.4. The van der Waals surface area contributed by atoms with Crippen molar-refractivity contribution in [1.29, 1.82) is 0 Å². The van der Waals surface area contributed by atoms with Gasteiger partial charge >= 0.3 is 11.9 Å². The number of ether oxygens (including phenoxy) is 4. The molecule has 0 aromatic carbocycles. The number of ketones is 1. The fourth-order valence-corrected chi connectivity index (χ4v) is 5.19. The zero-order chi connectivity index (χ0) is 27.1. The lowest BCUT2D eigenvalue weighted by Gasteiger charge is -2.49. The zero-order valence-corrected chi connectivity index (χ0v) is 22.3. The first kappa shape index (κ1) is 28.5. The molecule has 3 aliphatic heterocycles. The summed E-state index contributed by atoms with van der Waals surface area (Å²) in [5.74, 6) is -4.34. The van der Waals surface area contributed by atoms with Crippen molar-refractivity contribution >= 4 is 17.7 Å². The molecule has 0 aromatic rings. The molecule has 3 aliphatic rings. The number of carbonyl (C=O) groups is 3. The summed E-state index contributed by atoms with van der Waals surface area (Å²) in [6.45, 7) is 12.0. The first-order valence-electron chi connectivity index (χ1n) is 12.6. The molecule has 3 rings (SSSR count). The Morgan fingerprint density at radius 2 is 1.83 bits per heavy atom. The number of fused-ring (bicyclic) bond motifs is 4. The molecule has 9 heteroatoms. The summed E-state index contributed by atoms with van der Waals surface area (Å²) in [6, 6.07) is 0. The Morgan fingerprint density at radius 1 is 1.17 bits per heavy atom. The van der Waals surface area contributed by atoms with Gasteiger partial charge in [-0.3, -0.25) is 9.59 Å². The van der Waals surface area contributed by atoms with Crippen molar-refractivity contribution in [2.45, 2.75) is 116 Å². The monoisotopic (exact) mass is 508 g/mol. The van der Waals surface area contributed by atoms with Crippen molar-refractivity contribution in [3.05, 3.63) is 23.8 Å². The average molecular weight is 509 g/mol. The number of aliphatic hydroxyl groups excluding tert-OH is 1. The highest BCUT2D eigenvalue weighted by molar-refractivity contribution is 5.87. The number of esters is 2. The van der Waals surface area contributed by atoms with Crippen LogP contribution in [0.1, 0.15) is 74.1 Å². The first-order chi connectivity index (χ1) is 16.6. The molecule has 2 N–H and O–H groups in total. The highest BCUT2D eigenvalue weighted by Crippen LogP contribution is 2.47. The molecule has 0 amide bonds. The molecule has 0 radical (unpaired) electrons. The van der Waals surface area contributed by atoms with Gasteiger partial charge in [0.2, 0.25) is 5.79 Å². The maximum atomic E-state index is 13.2. The molecular weight excluding hydrogens is 468 g/mol. The summed E-state index contributed by atoms with van der Waals surface area (Å²) in [7, 11) is 0. The van der Waals surface area contributed by atoms with Crippen molar-refractivity contribution in [2.75, 3.05) is 0 Å². The van der Waals surface area contributed by atoms with Crippen molar-refractivity contribution in [2.24, 2.45) is 11.3 Å². The molecule has 0 saturated carbocycles. The number of carbonyl (C=O) groups excluding carboxylic acids is 3. The molecule has 8 atom stereocenters. The number of aliphatic hydroxyl groups is 2. The van der Waals surface area contributed by atoms with Crippen LogP contribution in [0.15, 0.2) is 23.8 Å². The predicted octanol–water partition coefficient (Wildman–Crippen LogP) is 2.76. The summed E-state index contributed by atoms with van der Waals surface area (Å²) >= 11 is 0. The summed E-state index contributed by atoms with van der Waals surface area (Å²) < 4.78 is 22.9. The highest BCUT2D eigenvalue weighted by Gasteiger charge is 2.61. The van der Waals surface area contributed by atoms with E-state index >= 15 is 0 Å². The van der Waals surface area contributed by atoms with E-state index in [1.807, 2.05) is 26.0 Å². The van der Waals surface area contributed by atoms with Crippen molar-refractivity contribution in [3.63, 3.8) is 0 Å². The zero-order valence-electron chi connectivity index (χ0n) is 22.3. The molecule has 202 valence electrons. The van der Waals surface area contributed by atoms with Crippen LogP contribution < -0.4 is 0 Å². The van der Waals surface area contributed by atoms with E-state index in [1.54, 1.807) is 27.7 Å². The Hall–Kier alpha value is -2.07. The molecular formula is C27H40O9. The van der Waals surface area contributed by atoms with Gasteiger partial charge in [-0.1, -0.05) is 32.9 Å². The second-order valence-corrected chi connectivity index (χ2v) is 11.2. The smallest absolute Gasteiger partial charge is 0.331 e. The number of hydrogen-bond acceptors (Lipinski definition) is 9. The van der Waals surface area contributed by atoms with E-state index in [9.17, 15) is 24.6 Å². The molecule has 2 saturated heterocycles. The second-order valence-electron chi connectivity index (χ2n) is 11.2. The Bertz CT molecular complexity index is 938. The minimum Gasteiger partial charge on any atom is -0.458 e. The third kappa shape index (κ3) is 5.74. The first-order valence-corrected chi connectivity index (χ1v) is 12.6. The van der Waals surface area contributed by atoms with E-state index in [-0.39, 0.29) is 24.7 Å². The van der Waals surface area contributed by atoms with E-state index in [0.29, 0.717) is 18.4 Å². The Labute approximate surface area is 212 Å². The van der Waals surface area contributed by atoms with E-state index in [2.05, 4.69) is 0 Å². The third-order valence-corrected chi connectivity index (χ3v) is 7.77. The van der Waals surface area contributed by atoms with Gasteiger partial charge in [0.1, 0.15) is 18.3 Å². The van der Waals surface area contributed by atoms with Crippen molar-refractivity contribution in [1.82, 2.24) is 0 Å². The van der Waals surface area contributed by atoms with Gasteiger partial charge in [-0.05, 0) is 52.0 Å². The van der Waals surface area contributed by atoms with Gasteiger partial charge in [0.05, 0.1) is 11.7 Å². The number of hydrogen-bond donors (Lipinski definition) is 2. The van der Waals surface area contributed by atoms with E-state index in [4.69, 9.17) is 18.9 Å². The third-order valence-electron chi connectivity index (χ3n) is 7.77. The van der Waals surface area contributed by atoms with Gasteiger partial charge < -0.3 is 29.2 Å². The average Bonchev–Trinajstić information content (AvgIpc) is 3.21. The number of allylic oxidation sites excluding steroid dienone is 1. The SMILES string of the molecule is CC(=O)OC(C)/C(C)=C/C(=O)O[C@H]1CC[C@@H]2O[C@@]1(O)[C@H](O)[C@]1(C)CC[C@@H](O1)C(C)(C)/C=C/[C@@H](C)C2=O. The lowest BCUT2D eigenvalue weighted by atomic mass is 9.82. The normalized spacial score (nSPS) is 40.4. The minimum absolute atomic E-state index is 0.101. The molecule has 3 heterocycles. The molecule has 2 fully saturated rings. The van der Waals surface area contributed by atoms with Crippen molar-refractivity contribution in [3.8, 4) is 0 Å². The lowest BCUT2D eigenvalue weighted by molar-refractivity contribution is -0.355. The van der Waals surface area contributed by atoms with Gasteiger partial charge in [0, 0.05) is 24.3 Å². The van der Waals surface area contributed by atoms with Crippen LogP contribution in [-0.2, 0) is 33.3 Å². The number of rotatable bonds is 4. The summed E-state index contributed by atoms with van der Waals surface area (Å²) in [4.78, 5) is 37.1. The van der Waals surface area contributed by atoms with Gasteiger partial charge in [0.25, 0.3) is 0 Å². The van der Waals surface area contributed by atoms with Crippen LogP contribution in [0.5, 0.6) is 0 Å². The van der Waals surface area contributed by atoms with Gasteiger partial charge in [-0.25, -0.2) is 4.79 Å². The van der Waals surface area contributed by atoms with Crippen LogP contribution in [0.3, 0.4) is 0 Å². The van der Waals surface area contributed by atoms with Crippen LogP contribution in [0.4, 0.5) is 0 Å². The summed E-state index contributed by atoms with van der Waals surface area (Å²) in [5.41, 5.74) is -1.15. The van der Waals surface area contributed by atoms with Crippen LogP contribution in [0.2, 0.25) is 0 Å². The molecule has 0 spiro atoms. The minimum atomic E-state index is -2.37. The summed E-state index contributed by atoms with van der Waals surface area (Å²) in [6.07, 6.45) is 1.64. The highest BCUT2D eigenvalue weighted by atomic mass is 16.7. The van der Waals surface area contributed by atoms with E-state index in [0.717, 1.165) is 0 Å². The topological polar surface area (TPSA) is 129 Å². The maximum absolute atomic E-state index is 13.2. The maximum Gasteiger partial charge on any atom is 0.331 e. The molecule has 9 nitrogen and oxygen atoms in total. The predicted molar refractivity (Wildman–Crippen MR) is 130 cm³/mol. The Kier molecular flexibility index (Phi) is 8.20. The van der Waals surface area contributed by atoms with Crippen LogP contribution in [0, 0.1) is 11.3 Å². The molecule has 1 unspecified atom stereocenters. The fourth-order valence-electron chi connectivity index (χ4n) is 5.19. The largest absolute Gasteiger partial charge is 0.458 e. The lowest BCUT2D eigenvalue weighted by Crippen LogP contribution is -2.67. The Balaban J connectivity index is 1.93. The molecule has 4 bridgehead atoms. The van der Waals surface area contributed by atoms with Gasteiger partial charge in [-0.15, -0.1) is 0 Å². The summed E-state index contributed by atoms with van der Waals surface area (Å²) in [5, 5.41) is 23.2. The molecule has 0 aliphatic carbocycles. The molecule has 0 aromatic heterocycles. The fraction of sp³-hybridized carbons (Fsp3) is 0.741. The molecule has 36 heavy (non-hydrogen) atoms. The van der Waals surface area contributed by atoms with E-state index in [1.165, 1.54) is 13.0 Å². The van der Waals surface area contributed by atoms with Gasteiger partial charge in [0.15, 0.2) is 11.9 Å². The Morgan fingerprint density at radius 3 is 2.47 bits per heavy atom. The number of Topliss-reactive ketones (excluding diaryl/α,β-unsaturated/α-hetero) is 1. The van der Waals surface area contributed by atoms with E-state index < -0.39 is 59.1 Å². The van der Waals surface area contributed by atoms with Crippen LogP contribution in [0.25, 0.3) is 0 Å². The van der Waals surface area contributed by atoms with Crippen LogP contribution >= 0.6 is 0 Å². The van der Waals surface area contributed by atoms with Gasteiger partial charge in [-0.2, -0.15) is 0 Å².